The van der Waals surface area contributed by atoms with E-state index in [1.54, 1.807) is 11.3 Å². The van der Waals surface area contributed by atoms with Gasteiger partial charge in [0.25, 0.3) is 0 Å². The SMILES string of the molecule is CNC(Cc1nc2ccccc2n1C)c1sccc1Cl. The van der Waals surface area contributed by atoms with Crippen LogP contribution in [0.4, 0.5) is 0 Å². The minimum atomic E-state index is 0.193. The maximum Gasteiger partial charge on any atom is 0.111 e. The molecule has 3 nitrogen and oxygen atoms in total. The van der Waals surface area contributed by atoms with E-state index in [0.717, 1.165) is 28.3 Å². The molecule has 1 aromatic carbocycles. The van der Waals surface area contributed by atoms with E-state index in [-0.39, 0.29) is 6.04 Å². The van der Waals surface area contributed by atoms with E-state index in [2.05, 4.69) is 23.0 Å². The Morgan fingerprint density at radius 1 is 1.35 bits per heavy atom. The van der Waals surface area contributed by atoms with Gasteiger partial charge >= 0.3 is 0 Å². The van der Waals surface area contributed by atoms with Crippen LogP contribution in [0.15, 0.2) is 35.7 Å². The molecule has 0 spiro atoms. The highest BCUT2D eigenvalue weighted by atomic mass is 35.5. The van der Waals surface area contributed by atoms with Crippen molar-refractivity contribution in [1.82, 2.24) is 14.9 Å². The first-order valence-electron chi connectivity index (χ1n) is 6.51. The zero-order chi connectivity index (χ0) is 14.1. The van der Waals surface area contributed by atoms with Gasteiger partial charge in [0.05, 0.1) is 16.1 Å². The number of nitrogens with one attached hydrogen (secondary N) is 1. The second kappa shape index (κ2) is 5.56. The zero-order valence-corrected chi connectivity index (χ0v) is 13.0. The highest BCUT2D eigenvalue weighted by Gasteiger charge is 2.18. The summed E-state index contributed by atoms with van der Waals surface area (Å²) >= 11 is 7.92. The van der Waals surface area contributed by atoms with Gasteiger partial charge in [0.2, 0.25) is 0 Å². The lowest BCUT2D eigenvalue weighted by Gasteiger charge is -2.15. The quantitative estimate of drug-likeness (QED) is 0.795. The highest BCUT2D eigenvalue weighted by Crippen LogP contribution is 2.30. The number of fused-ring (bicyclic) bond motifs is 1. The number of aromatic nitrogens is 2. The first-order valence-corrected chi connectivity index (χ1v) is 7.77. The molecule has 2 aromatic heterocycles. The fourth-order valence-corrected chi connectivity index (χ4v) is 3.74. The van der Waals surface area contributed by atoms with E-state index < -0.39 is 0 Å². The van der Waals surface area contributed by atoms with E-state index in [1.807, 2.05) is 36.7 Å². The number of hydrogen-bond donors (Lipinski definition) is 1. The first-order chi connectivity index (χ1) is 9.70. The number of likely N-dealkylation sites (N-methyl/N-ethyl adjacent to an activating group) is 1. The summed E-state index contributed by atoms with van der Waals surface area (Å²) in [7, 11) is 4.02. The Morgan fingerprint density at radius 2 is 2.15 bits per heavy atom. The van der Waals surface area contributed by atoms with Gasteiger partial charge in [-0.15, -0.1) is 11.3 Å². The number of nitrogens with zero attached hydrogens (tertiary/aromatic N) is 2. The lowest BCUT2D eigenvalue weighted by Crippen LogP contribution is -2.19. The monoisotopic (exact) mass is 305 g/mol. The number of rotatable bonds is 4. The number of thiophene rings is 1. The van der Waals surface area contributed by atoms with Crippen LogP contribution < -0.4 is 5.32 Å². The van der Waals surface area contributed by atoms with Crippen molar-refractivity contribution in [1.29, 1.82) is 0 Å². The molecule has 0 aliphatic rings. The van der Waals surface area contributed by atoms with Crippen LogP contribution in [0.25, 0.3) is 11.0 Å². The molecular formula is C15H16ClN3S. The van der Waals surface area contributed by atoms with Crippen LogP contribution in [0, 0.1) is 0 Å². The normalized spacial score (nSPS) is 12.9. The van der Waals surface area contributed by atoms with Crippen molar-refractivity contribution in [3.05, 3.63) is 51.4 Å². The maximum absolute atomic E-state index is 6.24. The number of aryl methyl sites for hydroxylation is 1. The Hall–Kier alpha value is -1.36. The Morgan fingerprint density at radius 3 is 2.80 bits per heavy atom. The van der Waals surface area contributed by atoms with Crippen LogP contribution in [0.2, 0.25) is 5.02 Å². The van der Waals surface area contributed by atoms with Crippen molar-refractivity contribution in [2.45, 2.75) is 12.5 Å². The van der Waals surface area contributed by atoms with E-state index in [1.165, 1.54) is 4.88 Å². The van der Waals surface area contributed by atoms with Crippen LogP contribution in [0.1, 0.15) is 16.7 Å². The average Bonchev–Trinajstić information content (AvgIpc) is 3.01. The third-order valence-corrected chi connectivity index (χ3v) is 5.05. The molecule has 2 heterocycles. The van der Waals surface area contributed by atoms with Crippen molar-refractivity contribution >= 4 is 34.0 Å². The largest absolute Gasteiger partial charge is 0.331 e. The summed E-state index contributed by atoms with van der Waals surface area (Å²) in [6.45, 7) is 0. The van der Waals surface area contributed by atoms with Gasteiger partial charge in [-0.25, -0.2) is 4.98 Å². The van der Waals surface area contributed by atoms with Crippen LogP contribution in [-0.2, 0) is 13.5 Å². The third kappa shape index (κ3) is 2.35. The van der Waals surface area contributed by atoms with Crippen molar-refractivity contribution in [3.8, 4) is 0 Å². The third-order valence-electron chi connectivity index (χ3n) is 3.58. The van der Waals surface area contributed by atoms with Crippen LogP contribution in [0.5, 0.6) is 0 Å². The summed E-state index contributed by atoms with van der Waals surface area (Å²) < 4.78 is 2.15. The molecular weight excluding hydrogens is 290 g/mol. The number of hydrogen-bond acceptors (Lipinski definition) is 3. The van der Waals surface area contributed by atoms with Crippen molar-refractivity contribution < 1.29 is 0 Å². The molecule has 1 atom stereocenters. The van der Waals surface area contributed by atoms with Gasteiger partial charge in [-0.2, -0.15) is 0 Å². The molecule has 3 aromatic rings. The molecule has 0 saturated heterocycles. The highest BCUT2D eigenvalue weighted by molar-refractivity contribution is 7.10. The maximum atomic E-state index is 6.24. The predicted molar refractivity (Wildman–Crippen MR) is 85.5 cm³/mol. The minimum Gasteiger partial charge on any atom is -0.331 e. The fourth-order valence-electron chi connectivity index (χ4n) is 2.44. The van der Waals surface area contributed by atoms with E-state index in [9.17, 15) is 0 Å². The Bertz CT molecular complexity index is 732. The van der Waals surface area contributed by atoms with E-state index in [0.29, 0.717) is 0 Å². The predicted octanol–water partition coefficient (Wildman–Crippen LogP) is 3.79. The molecule has 0 aliphatic heterocycles. The summed E-state index contributed by atoms with van der Waals surface area (Å²) in [4.78, 5) is 5.89. The summed E-state index contributed by atoms with van der Waals surface area (Å²) in [6, 6.07) is 10.3. The topological polar surface area (TPSA) is 29.9 Å². The Balaban J connectivity index is 1.95. The molecule has 0 aliphatic carbocycles. The molecule has 0 radical (unpaired) electrons. The number of benzene rings is 1. The minimum absolute atomic E-state index is 0.193. The van der Waals surface area contributed by atoms with Gasteiger partial charge in [0.1, 0.15) is 5.82 Å². The second-order valence-corrected chi connectivity index (χ2v) is 6.11. The van der Waals surface area contributed by atoms with Crippen molar-refractivity contribution in [3.63, 3.8) is 0 Å². The molecule has 104 valence electrons. The second-order valence-electron chi connectivity index (χ2n) is 4.75. The lowest BCUT2D eigenvalue weighted by molar-refractivity contribution is 0.574. The molecule has 20 heavy (non-hydrogen) atoms. The molecule has 0 amide bonds. The van der Waals surface area contributed by atoms with Gasteiger partial charge in [0.15, 0.2) is 0 Å². The van der Waals surface area contributed by atoms with Crippen LogP contribution in [0.3, 0.4) is 0 Å². The van der Waals surface area contributed by atoms with Crippen LogP contribution >= 0.6 is 22.9 Å². The molecule has 0 fully saturated rings. The molecule has 3 rings (SSSR count). The van der Waals surface area contributed by atoms with Gasteiger partial charge in [-0.1, -0.05) is 23.7 Å². The van der Waals surface area contributed by atoms with Gasteiger partial charge in [-0.05, 0) is 30.6 Å². The smallest absolute Gasteiger partial charge is 0.111 e. The molecule has 1 unspecified atom stereocenters. The summed E-state index contributed by atoms with van der Waals surface area (Å²) in [6.07, 6.45) is 0.821. The average molecular weight is 306 g/mol. The van der Waals surface area contributed by atoms with E-state index in [4.69, 9.17) is 16.6 Å². The summed E-state index contributed by atoms with van der Waals surface area (Å²) in [5.41, 5.74) is 2.20. The number of imidazole rings is 1. The fraction of sp³-hybridized carbons (Fsp3) is 0.267. The van der Waals surface area contributed by atoms with Crippen LogP contribution in [-0.4, -0.2) is 16.6 Å². The van der Waals surface area contributed by atoms with Gasteiger partial charge in [-0.3, -0.25) is 0 Å². The van der Waals surface area contributed by atoms with Gasteiger partial charge < -0.3 is 9.88 Å². The molecule has 5 heteroatoms. The molecule has 0 saturated carbocycles. The zero-order valence-electron chi connectivity index (χ0n) is 11.4. The Labute approximate surface area is 127 Å². The molecule has 0 bridgehead atoms. The van der Waals surface area contributed by atoms with Gasteiger partial charge in [0, 0.05) is 24.4 Å². The number of halogens is 1. The lowest BCUT2D eigenvalue weighted by atomic mass is 10.1. The molecule has 1 N–H and O–H groups in total. The van der Waals surface area contributed by atoms with Crippen molar-refractivity contribution in [2.24, 2.45) is 7.05 Å². The summed E-state index contributed by atoms with van der Waals surface area (Å²) in [5, 5.41) is 6.19. The first kappa shape index (κ1) is 13.6. The summed E-state index contributed by atoms with van der Waals surface area (Å²) in [5.74, 6) is 1.06. The number of para-hydroxylation sites is 2. The standard InChI is InChI=1S/C15H16ClN3S/c1-17-12(15-10(16)7-8-20-15)9-14-18-11-5-3-4-6-13(11)19(14)2/h3-8,12,17H,9H2,1-2H3. The van der Waals surface area contributed by atoms with E-state index >= 15 is 0 Å². The van der Waals surface area contributed by atoms with Crippen molar-refractivity contribution in [2.75, 3.05) is 7.05 Å². The Kier molecular flexibility index (Phi) is 3.78.